The van der Waals surface area contributed by atoms with E-state index in [1.807, 2.05) is 6.07 Å². The van der Waals surface area contributed by atoms with E-state index < -0.39 is 6.86 Å². The van der Waals surface area contributed by atoms with Crippen LogP contribution in [0.15, 0.2) is 40.8 Å². The van der Waals surface area contributed by atoms with Crippen LogP contribution in [0.1, 0.15) is 23.4 Å². The van der Waals surface area contributed by atoms with Crippen LogP contribution < -0.4 is 10.1 Å². The van der Waals surface area contributed by atoms with E-state index >= 15 is 0 Å². The lowest BCUT2D eigenvalue weighted by Gasteiger charge is -2.44. The highest BCUT2D eigenvalue weighted by Crippen LogP contribution is 2.32. The molecule has 0 aliphatic carbocycles. The number of para-hydroxylation sites is 1. The van der Waals surface area contributed by atoms with Crippen molar-refractivity contribution in [3.63, 3.8) is 0 Å². The molecule has 5 rings (SSSR count). The van der Waals surface area contributed by atoms with Crippen LogP contribution in [0.4, 0.5) is 4.39 Å². The summed E-state index contributed by atoms with van der Waals surface area (Å²) in [6.45, 7) is 2.27. The predicted octanol–water partition coefficient (Wildman–Crippen LogP) is 3.08. The molecule has 3 aliphatic heterocycles. The van der Waals surface area contributed by atoms with Crippen molar-refractivity contribution in [2.45, 2.75) is 18.9 Å². The summed E-state index contributed by atoms with van der Waals surface area (Å²) in [5, 5.41) is 3.11. The molecule has 3 aliphatic rings. The Balaban J connectivity index is 1.48. The third-order valence-electron chi connectivity index (χ3n) is 5.17. The van der Waals surface area contributed by atoms with E-state index in [4.69, 9.17) is 9.15 Å². The molecule has 2 bridgehead atoms. The largest absolute Gasteiger partial charge is 0.462 e. The minimum Gasteiger partial charge on any atom is -0.462 e. The molecular weight excluding hydrogens is 323 g/mol. The molecule has 3 fully saturated rings. The minimum atomic E-state index is -0.912. The average Bonchev–Trinajstić information content (AvgIpc) is 3.14. The van der Waals surface area contributed by atoms with Crippen LogP contribution in [0.5, 0.6) is 5.75 Å². The summed E-state index contributed by atoms with van der Waals surface area (Å²) in [5.74, 6) is 1.50. The molecule has 0 saturated carbocycles. The molecule has 0 spiro atoms. The summed E-state index contributed by atoms with van der Waals surface area (Å²) in [6, 6.07) is 10.6. The quantitative estimate of drug-likeness (QED) is 0.906. The molecule has 1 unspecified atom stereocenters. The number of nitrogens with zero attached hydrogens (tertiary/aromatic N) is 1. The van der Waals surface area contributed by atoms with Crippen molar-refractivity contribution in [1.29, 1.82) is 0 Å². The smallest absolute Gasteiger partial charge is 0.287 e. The number of fused-ring (bicyclic) bond motifs is 3. The fraction of sp³-hybridized carbons (Fsp3) is 0.421. The third kappa shape index (κ3) is 3.26. The monoisotopic (exact) mass is 344 g/mol. The second-order valence-electron chi connectivity index (χ2n) is 6.63. The first-order valence-electron chi connectivity index (χ1n) is 8.66. The maximum atomic E-state index is 12.5. The second kappa shape index (κ2) is 6.88. The average molecular weight is 344 g/mol. The van der Waals surface area contributed by atoms with Gasteiger partial charge in [-0.2, -0.15) is 0 Å². The van der Waals surface area contributed by atoms with Crippen molar-refractivity contribution in [2.75, 3.05) is 26.5 Å². The number of hydrogen-bond donors (Lipinski definition) is 1. The summed E-state index contributed by atoms with van der Waals surface area (Å²) in [4.78, 5) is 14.9. The van der Waals surface area contributed by atoms with Gasteiger partial charge in [-0.15, -0.1) is 0 Å². The summed E-state index contributed by atoms with van der Waals surface area (Å²) in [6.07, 6.45) is 2.28. The van der Waals surface area contributed by atoms with E-state index in [9.17, 15) is 9.18 Å². The van der Waals surface area contributed by atoms with Crippen LogP contribution in [0.2, 0.25) is 0 Å². The van der Waals surface area contributed by atoms with E-state index in [0.29, 0.717) is 23.0 Å². The van der Waals surface area contributed by atoms with Gasteiger partial charge < -0.3 is 19.4 Å². The predicted molar refractivity (Wildman–Crippen MR) is 91.2 cm³/mol. The van der Waals surface area contributed by atoms with E-state index in [2.05, 4.69) is 10.2 Å². The van der Waals surface area contributed by atoms with Crippen LogP contribution in [0, 0.1) is 5.92 Å². The summed E-state index contributed by atoms with van der Waals surface area (Å²) in [5.41, 5.74) is 0.627. The van der Waals surface area contributed by atoms with E-state index in [0.717, 1.165) is 32.5 Å². The molecule has 5 nitrogen and oxygen atoms in total. The number of ether oxygens (including phenoxy) is 1. The zero-order valence-electron chi connectivity index (χ0n) is 13.9. The summed E-state index contributed by atoms with van der Waals surface area (Å²) >= 11 is 0. The normalized spacial score (nSPS) is 24.9. The van der Waals surface area contributed by atoms with Crippen molar-refractivity contribution >= 4 is 5.91 Å². The van der Waals surface area contributed by atoms with Gasteiger partial charge in [0.25, 0.3) is 5.91 Å². The molecule has 0 radical (unpaired) electrons. The highest BCUT2D eigenvalue weighted by Gasteiger charge is 2.35. The van der Waals surface area contributed by atoms with Crippen LogP contribution >= 0.6 is 0 Å². The Morgan fingerprint density at radius 1 is 1.24 bits per heavy atom. The lowest BCUT2D eigenvalue weighted by Crippen LogP contribution is -2.57. The first-order chi connectivity index (χ1) is 12.2. The fourth-order valence-electron chi connectivity index (χ4n) is 3.83. The number of amides is 1. The van der Waals surface area contributed by atoms with Crippen molar-refractivity contribution in [1.82, 2.24) is 10.2 Å². The van der Waals surface area contributed by atoms with Crippen molar-refractivity contribution in [3.05, 3.63) is 42.2 Å². The molecular formula is C19H21FN2O3. The number of halogens is 1. The molecule has 25 heavy (non-hydrogen) atoms. The van der Waals surface area contributed by atoms with E-state index in [-0.39, 0.29) is 17.7 Å². The Hall–Kier alpha value is -2.34. The number of rotatable bonds is 5. The Morgan fingerprint density at radius 2 is 2.04 bits per heavy atom. The van der Waals surface area contributed by atoms with Crippen molar-refractivity contribution < 1.29 is 18.3 Å². The van der Waals surface area contributed by atoms with Crippen molar-refractivity contribution in [3.8, 4) is 17.1 Å². The van der Waals surface area contributed by atoms with Gasteiger partial charge in [0.15, 0.2) is 5.76 Å². The highest BCUT2D eigenvalue weighted by molar-refractivity contribution is 5.92. The number of carbonyl (C=O) groups excluding carboxylic acids is 1. The van der Waals surface area contributed by atoms with Gasteiger partial charge in [-0.1, -0.05) is 12.1 Å². The van der Waals surface area contributed by atoms with Gasteiger partial charge in [0.05, 0.1) is 5.56 Å². The molecule has 1 amide bonds. The molecule has 1 aromatic carbocycles. The van der Waals surface area contributed by atoms with E-state index in [1.54, 1.807) is 30.3 Å². The summed E-state index contributed by atoms with van der Waals surface area (Å²) in [7, 11) is 0. The molecule has 132 valence electrons. The number of benzene rings is 1. The van der Waals surface area contributed by atoms with Gasteiger partial charge >= 0.3 is 0 Å². The topological polar surface area (TPSA) is 54.7 Å². The first-order valence-corrected chi connectivity index (χ1v) is 8.66. The van der Waals surface area contributed by atoms with Gasteiger partial charge in [0.2, 0.25) is 6.86 Å². The zero-order chi connectivity index (χ0) is 17.2. The molecule has 4 heterocycles. The van der Waals surface area contributed by atoms with Gasteiger partial charge in [0, 0.05) is 12.6 Å². The van der Waals surface area contributed by atoms with Gasteiger partial charge in [-0.25, -0.2) is 4.39 Å². The molecule has 3 saturated heterocycles. The SMILES string of the molecule is O=C(NC1CN2CCC1CC2)c1ccc(-c2ccccc2OCF)o1. The first kappa shape index (κ1) is 16.1. The highest BCUT2D eigenvalue weighted by atomic mass is 19.1. The lowest BCUT2D eigenvalue weighted by molar-refractivity contribution is 0.0606. The third-order valence-corrected chi connectivity index (χ3v) is 5.17. The van der Waals surface area contributed by atoms with Crippen LogP contribution in [0.3, 0.4) is 0 Å². The number of carbonyl (C=O) groups is 1. The molecule has 6 heteroatoms. The van der Waals surface area contributed by atoms with Crippen LogP contribution in [-0.2, 0) is 0 Å². The molecule has 2 aromatic rings. The standard InChI is InChI=1S/C19H21FN2O3/c20-12-24-16-4-2-1-3-14(16)17-5-6-18(25-17)19(23)21-15-11-22-9-7-13(15)8-10-22/h1-6,13,15H,7-12H2,(H,21,23). The van der Waals surface area contributed by atoms with Crippen LogP contribution in [0.25, 0.3) is 11.3 Å². The Kier molecular flexibility index (Phi) is 4.44. The second-order valence-corrected chi connectivity index (χ2v) is 6.63. The Bertz CT molecular complexity index is 753. The maximum Gasteiger partial charge on any atom is 0.287 e. The fourth-order valence-corrected chi connectivity index (χ4v) is 3.83. The number of nitrogens with one attached hydrogen (secondary N) is 1. The van der Waals surface area contributed by atoms with Crippen LogP contribution in [-0.4, -0.2) is 43.3 Å². The number of piperidine rings is 3. The Morgan fingerprint density at radius 3 is 2.76 bits per heavy atom. The lowest BCUT2D eigenvalue weighted by atomic mass is 9.84. The van der Waals surface area contributed by atoms with E-state index in [1.165, 1.54) is 0 Å². The maximum absolute atomic E-state index is 12.5. The molecule has 1 atom stereocenters. The Labute approximate surface area is 145 Å². The number of hydrogen-bond acceptors (Lipinski definition) is 4. The molecule has 1 N–H and O–H groups in total. The van der Waals surface area contributed by atoms with Gasteiger partial charge in [-0.05, 0) is 56.1 Å². The van der Waals surface area contributed by atoms with Gasteiger partial charge in [0.1, 0.15) is 11.5 Å². The summed E-state index contributed by atoms with van der Waals surface area (Å²) < 4.78 is 23.2. The molecule has 1 aromatic heterocycles. The van der Waals surface area contributed by atoms with Crippen molar-refractivity contribution in [2.24, 2.45) is 5.92 Å². The zero-order valence-corrected chi connectivity index (χ0v) is 13.9. The van der Waals surface area contributed by atoms with Gasteiger partial charge in [-0.3, -0.25) is 4.79 Å². The number of furan rings is 1. The number of alkyl halides is 1. The minimum absolute atomic E-state index is 0.186.